The molecule has 9 heteroatoms. The molecule has 2 saturated heterocycles. The van der Waals surface area contributed by atoms with Gasteiger partial charge in [-0.1, -0.05) is 0 Å². The van der Waals surface area contributed by atoms with Crippen molar-refractivity contribution in [3.05, 3.63) is 22.4 Å². The van der Waals surface area contributed by atoms with E-state index >= 15 is 0 Å². The first-order valence-corrected chi connectivity index (χ1v) is 10.3. The average molecular weight is 416 g/mol. The third kappa shape index (κ3) is 4.20. The number of hydrogen-bond donors (Lipinski definition) is 1. The van der Waals surface area contributed by atoms with Gasteiger partial charge in [-0.15, -0.1) is 35.1 Å². The number of nitrogens with zero attached hydrogens (tertiary/aromatic N) is 2. The second-order valence-electron chi connectivity index (χ2n) is 6.36. The summed E-state index contributed by atoms with van der Waals surface area (Å²) in [6.07, 6.45) is 0.467. The fourth-order valence-electron chi connectivity index (χ4n) is 3.28. The van der Waals surface area contributed by atoms with E-state index in [1.54, 1.807) is 22.7 Å². The molecule has 2 amide bonds. The smallest absolute Gasteiger partial charge is 0.264 e. The standard InChI is InChI=1S/C17H21N3O3S2.ClH/c21-16(9-12-11-23-7-2-18-12)19-3-5-20(6-4-19)17(22)15-10-14-13(25-15)1-8-24-14;/h1,8,10,12,18H,2-7,9,11H2;1H. The molecular weight excluding hydrogens is 394 g/mol. The molecule has 1 unspecified atom stereocenters. The molecule has 142 valence electrons. The maximum atomic E-state index is 12.7. The number of carbonyl (C=O) groups excluding carboxylic acids is 2. The Bertz CT molecular complexity index is 736. The number of morpholine rings is 1. The monoisotopic (exact) mass is 415 g/mol. The van der Waals surface area contributed by atoms with E-state index in [9.17, 15) is 9.59 Å². The number of piperazine rings is 1. The van der Waals surface area contributed by atoms with Crippen molar-refractivity contribution in [3.8, 4) is 0 Å². The van der Waals surface area contributed by atoms with E-state index < -0.39 is 0 Å². The van der Waals surface area contributed by atoms with Crippen molar-refractivity contribution < 1.29 is 14.3 Å². The normalized spacial score (nSPS) is 20.8. The minimum absolute atomic E-state index is 0. The van der Waals surface area contributed by atoms with Crippen molar-refractivity contribution in [2.75, 3.05) is 45.9 Å². The number of fused-ring (bicyclic) bond motifs is 1. The van der Waals surface area contributed by atoms with Crippen LogP contribution >= 0.6 is 35.1 Å². The first-order chi connectivity index (χ1) is 12.2. The van der Waals surface area contributed by atoms with Crippen molar-refractivity contribution in [3.63, 3.8) is 0 Å². The molecule has 0 aliphatic carbocycles. The summed E-state index contributed by atoms with van der Waals surface area (Å²) in [5.74, 6) is 0.231. The Morgan fingerprint density at radius 3 is 2.65 bits per heavy atom. The maximum absolute atomic E-state index is 12.7. The zero-order chi connectivity index (χ0) is 17.2. The third-order valence-corrected chi connectivity index (χ3v) is 6.77. The Balaban J connectivity index is 0.00000196. The van der Waals surface area contributed by atoms with Gasteiger partial charge >= 0.3 is 0 Å². The van der Waals surface area contributed by atoms with E-state index in [4.69, 9.17) is 4.74 Å². The molecule has 1 N–H and O–H groups in total. The van der Waals surface area contributed by atoms with E-state index in [0.717, 1.165) is 11.4 Å². The van der Waals surface area contributed by atoms with E-state index in [1.165, 1.54) is 9.40 Å². The first kappa shape index (κ1) is 19.6. The molecular formula is C17H22ClN3O3S2. The van der Waals surface area contributed by atoms with Crippen LogP contribution in [0.1, 0.15) is 16.1 Å². The summed E-state index contributed by atoms with van der Waals surface area (Å²) in [5.41, 5.74) is 0. The zero-order valence-corrected chi connectivity index (χ0v) is 16.8. The van der Waals surface area contributed by atoms with Crippen LogP contribution in [0.5, 0.6) is 0 Å². The first-order valence-electron chi connectivity index (χ1n) is 8.56. The van der Waals surface area contributed by atoms with Crippen molar-refractivity contribution in [2.24, 2.45) is 0 Å². The molecule has 0 aromatic carbocycles. The van der Waals surface area contributed by atoms with E-state index in [2.05, 4.69) is 11.4 Å². The molecule has 0 saturated carbocycles. The van der Waals surface area contributed by atoms with Gasteiger partial charge in [0.2, 0.25) is 5.91 Å². The predicted octanol–water partition coefficient (Wildman–Crippen LogP) is 2.05. The number of nitrogens with one attached hydrogen (secondary N) is 1. The molecule has 1 atom stereocenters. The Hall–Kier alpha value is -1.19. The molecule has 0 radical (unpaired) electrons. The van der Waals surface area contributed by atoms with Crippen LogP contribution in [-0.4, -0.2) is 73.6 Å². The summed E-state index contributed by atoms with van der Waals surface area (Å²) in [4.78, 5) is 29.6. The van der Waals surface area contributed by atoms with Crippen LogP contribution in [0.3, 0.4) is 0 Å². The molecule has 2 aliphatic heterocycles. The summed E-state index contributed by atoms with van der Waals surface area (Å²) >= 11 is 3.22. The SMILES string of the molecule is Cl.O=C(CC1COCCN1)N1CCN(C(=O)c2cc3sccc3s2)CC1. The number of hydrogen-bond acceptors (Lipinski definition) is 6. The van der Waals surface area contributed by atoms with Gasteiger partial charge in [0.25, 0.3) is 5.91 Å². The minimum atomic E-state index is 0. The molecule has 0 bridgehead atoms. The van der Waals surface area contributed by atoms with Crippen LogP contribution in [0.15, 0.2) is 17.5 Å². The van der Waals surface area contributed by atoms with Crippen molar-refractivity contribution >= 4 is 56.3 Å². The summed E-state index contributed by atoms with van der Waals surface area (Å²) in [5, 5.41) is 5.36. The molecule has 2 aromatic heterocycles. The second-order valence-corrected chi connectivity index (χ2v) is 8.39. The summed E-state index contributed by atoms with van der Waals surface area (Å²) in [6, 6.07) is 4.15. The highest BCUT2D eigenvalue weighted by atomic mass is 35.5. The fraction of sp³-hybridized carbons (Fsp3) is 0.529. The number of carbonyl (C=O) groups is 2. The zero-order valence-electron chi connectivity index (χ0n) is 14.3. The quantitative estimate of drug-likeness (QED) is 0.833. The van der Waals surface area contributed by atoms with Gasteiger partial charge in [-0.3, -0.25) is 9.59 Å². The lowest BCUT2D eigenvalue weighted by atomic mass is 10.1. The fourth-order valence-corrected chi connectivity index (χ4v) is 5.35. The third-order valence-electron chi connectivity index (χ3n) is 4.69. The Morgan fingerprint density at radius 1 is 1.19 bits per heavy atom. The molecule has 2 fully saturated rings. The number of rotatable bonds is 3. The Labute approximate surface area is 166 Å². The highest BCUT2D eigenvalue weighted by Gasteiger charge is 2.27. The number of ether oxygens (including phenoxy) is 1. The molecule has 0 spiro atoms. The van der Waals surface area contributed by atoms with Crippen LogP contribution in [-0.2, 0) is 9.53 Å². The Kier molecular flexibility index (Phi) is 6.52. The van der Waals surface area contributed by atoms with Gasteiger partial charge < -0.3 is 19.9 Å². The van der Waals surface area contributed by atoms with E-state index in [1.807, 2.05) is 21.2 Å². The van der Waals surface area contributed by atoms with Crippen LogP contribution < -0.4 is 5.32 Å². The van der Waals surface area contributed by atoms with Crippen LogP contribution in [0.25, 0.3) is 9.40 Å². The van der Waals surface area contributed by atoms with Crippen LogP contribution in [0, 0.1) is 0 Å². The largest absolute Gasteiger partial charge is 0.378 e. The lowest BCUT2D eigenvalue weighted by Gasteiger charge is -2.35. The lowest BCUT2D eigenvalue weighted by molar-refractivity contribution is -0.133. The second kappa shape index (κ2) is 8.67. The lowest BCUT2D eigenvalue weighted by Crippen LogP contribution is -2.52. The Morgan fingerprint density at radius 2 is 1.96 bits per heavy atom. The highest BCUT2D eigenvalue weighted by molar-refractivity contribution is 7.27. The maximum Gasteiger partial charge on any atom is 0.264 e. The molecule has 2 aliphatic rings. The number of amides is 2. The van der Waals surface area contributed by atoms with E-state index in [0.29, 0.717) is 45.8 Å². The molecule has 2 aromatic rings. The van der Waals surface area contributed by atoms with E-state index in [-0.39, 0.29) is 30.3 Å². The number of thiophene rings is 2. The van der Waals surface area contributed by atoms with Crippen LogP contribution in [0.4, 0.5) is 0 Å². The van der Waals surface area contributed by atoms with Gasteiger partial charge in [-0.05, 0) is 17.5 Å². The van der Waals surface area contributed by atoms with Crippen molar-refractivity contribution in [2.45, 2.75) is 12.5 Å². The summed E-state index contributed by atoms with van der Waals surface area (Å²) in [7, 11) is 0. The molecule has 4 heterocycles. The van der Waals surface area contributed by atoms with Crippen LogP contribution in [0.2, 0.25) is 0 Å². The van der Waals surface area contributed by atoms with Gasteiger partial charge in [0.1, 0.15) is 0 Å². The van der Waals surface area contributed by atoms with Gasteiger partial charge in [-0.25, -0.2) is 0 Å². The molecule has 4 rings (SSSR count). The predicted molar refractivity (Wildman–Crippen MR) is 107 cm³/mol. The van der Waals surface area contributed by atoms with Gasteiger partial charge in [0, 0.05) is 54.6 Å². The van der Waals surface area contributed by atoms with Crippen molar-refractivity contribution in [1.29, 1.82) is 0 Å². The average Bonchev–Trinajstić information content (AvgIpc) is 3.24. The summed E-state index contributed by atoms with van der Waals surface area (Å²) in [6.45, 7) is 4.54. The minimum Gasteiger partial charge on any atom is -0.378 e. The van der Waals surface area contributed by atoms with Crippen molar-refractivity contribution in [1.82, 2.24) is 15.1 Å². The van der Waals surface area contributed by atoms with Gasteiger partial charge in [0.05, 0.1) is 18.1 Å². The molecule has 26 heavy (non-hydrogen) atoms. The van der Waals surface area contributed by atoms with Gasteiger partial charge in [0.15, 0.2) is 0 Å². The molecule has 6 nitrogen and oxygen atoms in total. The topological polar surface area (TPSA) is 61.9 Å². The van der Waals surface area contributed by atoms with Gasteiger partial charge in [-0.2, -0.15) is 0 Å². The highest BCUT2D eigenvalue weighted by Crippen LogP contribution is 2.30. The summed E-state index contributed by atoms with van der Waals surface area (Å²) < 4.78 is 7.74. The number of halogens is 1.